The van der Waals surface area contributed by atoms with Crippen molar-refractivity contribution in [3.63, 3.8) is 0 Å². The second-order valence-electron chi connectivity index (χ2n) is 17.3. The van der Waals surface area contributed by atoms with E-state index in [2.05, 4.69) is 0 Å². The van der Waals surface area contributed by atoms with Gasteiger partial charge in [0.1, 0.15) is 62.0 Å². The molecule has 7 rings (SSSR count). The Hall–Kier alpha value is -4.38. The number of carboxylic acids is 2. The van der Waals surface area contributed by atoms with Gasteiger partial charge in [-0.1, -0.05) is 152 Å². The minimum Gasteiger partial charge on any atom is -0.550 e. The molecule has 0 N–H and O–H groups in total. The zero-order valence-electron chi connectivity index (χ0n) is 42.4. The van der Waals surface area contributed by atoms with Gasteiger partial charge in [0, 0.05) is 19.0 Å². The fourth-order valence-electron chi connectivity index (χ4n) is 8.32. The third kappa shape index (κ3) is 19.9. The van der Waals surface area contributed by atoms with Crippen molar-refractivity contribution in [2.75, 3.05) is 20.3 Å². The van der Waals surface area contributed by atoms with Crippen LogP contribution >= 0.6 is 0 Å². The first-order chi connectivity index (χ1) is 35.6. The van der Waals surface area contributed by atoms with Crippen LogP contribution in [0.5, 0.6) is 0 Å². The SMILES string of the molecule is CO[C@@H]1O[C@H](COC(=O)CCC(=O)[O-])[C@@H](OCc2ccccc2)[C@H](O[C@@H]2O[C@H](COC(=O)CCC(=O)[O-])[C@@H](OCc3ccccc3)[C@H](OCc3ccccc3)[C@H]2OCc2ccccc2)[C@H]1OCc1ccccc1.[Na+].[Na+]. The van der Waals surface area contributed by atoms with E-state index in [1.165, 1.54) is 7.11 Å². The quantitative estimate of drug-likeness (QED) is 0.0414. The number of aliphatic carboxylic acids is 2. The van der Waals surface area contributed by atoms with Crippen molar-refractivity contribution in [2.24, 2.45) is 0 Å². The van der Waals surface area contributed by atoms with E-state index in [9.17, 15) is 29.4 Å². The summed E-state index contributed by atoms with van der Waals surface area (Å²) in [5.41, 5.74) is 4.06. The van der Waals surface area contributed by atoms with E-state index >= 15 is 0 Å². The average Bonchev–Trinajstić information content (AvgIpc) is 3.42. The molecule has 0 spiro atoms. The molecule has 0 amide bonds. The van der Waals surface area contributed by atoms with Gasteiger partial charge in [-0.05, 0) is 40.7 Å². The molecule has 2 heterocycles. The number of benzene rings is 5. The van der Waals surface area contributed by atoms with Crippen LogP contribution in [0.25, 0.3) is 0 Å². The maximum Gasteiger partial charge on any atom is 1.00 e. The third-order valence-corrected chi connectivity index (χ3v) is 12.0. The van der Waals surface area contributed by atoms with Gasteiger partial charge in [0.25, 0.3) is 0 Å². The van der Waals surface area contributed by atoms with Crippen LogP contribution in [-0.2, 0) is 104 Å². The summed E-state index contributed by atoms with van der Waals surface area (Å²) in [6.07, 6.45) is -13.4. The molecule has 0 saturated carbocycles. The van der Waals surface area contributed by atoms with Crippen LogP contribution in [0, 0.1) is 0 Å². The van der Waals surface area contributed by atoms with Gasteiger partial charge in [-0.3, -0.25) is 9.59 Å². The van der Waals surface area contributed by atoms with Crippen LogP contribution in [0.1, 0.15) is 53.5 Å². The average molecular weight is 1050 g/mol. The molecule has 0 bridgehead atoms. The van der Waals surface area contributed by atoms with Gasteiger partial charge in [-0.15, -0.1) is 0 Å². The van der Waals surface area contributed by atoms with Crippen LogP contribution in [0.4, 0.5) is 0 Å². The normalized spacial score (nSPS) is 23.2. The topological polar surface area (TPSA) is 216 Å². The molecule has 0 aromatic heterocycles. The smallest absolute Gasteiger partial charge is 0.550 e. The van der Waals surface area contributed by atoms with Gasteiger partial charge in [0.15, 0.2) is 12.6 Å². The van der Waals surface area contributed by atoms with E-state index < -0.39 is 124 Å². The maximum atomic E-state index is 13.1. The van der Waals surface area contributed by atoms with Crippen molar-refractivity contribution in [3.05, 3.63) is 179 Å². The standard InChI is InChI=1S/C56H62O17.2Na/c1-63-55-54(70-35-42-25-15-6-16-26-42)52(50(67-32-39-19-9-3-10-20-39)44(71-55)37-65-48(62)30-28-46(59)60)73-56-53(69-34-41-23-13-5-14-24-41)51(68-33-40-21-11-4-12-22-40)49(66-31-38-17-7-2-8-18-38)43(72-56)36-64-47(61)29-27-45(57)58;;/h2-26,43-44,49-56H,27-37H2,1H3,(H,57,58)(H,59,60);;/q;2*+1/p-2/t43-,44-,49-,50-,51+,52+,53-,54-,55-,56+;;/m1../s1. The Balaban J connectivity index is 0.00000520. The molecule has 17 nitrogen and oxygen atoms in total. The Bertz CT molecular complexity index is 2430. The van der Waals surface area contributed by atoms with Gasteiger partial charge in [-0.2, -0.15) is 0 Å². The summed E-state index contributed by atoms with van der Waals surface area (Å²) < 4.78 is 71.9. The maximum absolute atomic E-state index is 13.1. The molecule has 5 aromatic carbocycles. The number of hydrogen-bond donors (Lipinski definition) is 0. The summed E-state index contributed by atoms with van der Waals surface area (Å²) in [6, 6.07) is 47.1. The number of hydrogen-bond acceptors (Lipinski definition) is 17. The van der Waals surface area contributed by atoms with Gasteiger partial charge in [-0.25, -0.2) is 0 Å². The van der Waals surface area contributed by atoms with Crippen molar-refractivity contribution in [1.29, 1.82) is 0 Å². The first kappa shape index (κ1) is 61.5. The number of ether oxygens (including phenoxy) is 11. The summed E-state index contributed by atoms with van der Waals surface area (Å²) in [4.78, 5) is 48.7. The molecule has 0 radical (unpaired) electrons. The largest absolute Gasteiger partial charge is 1.00 e. The number of methoxy groups -OCH3 is 1. The Labute approximate surface area is 480 Å². The molecule has 19 heteroatoms. The number of carboxylic acid groups (broad SMARTS) is 2. The predicted molar refractivity (Wildman–Crippen MR) is 255 cm³/mol. The molecule has 2 fully saturated rings. The molecule has 2 saturated heterocycles. The number of esters is 2. The van der Waals surface area contributed by atoms with Crippen LogP contribution in [0.2, 0.25) is 0 Å². The van der Waals surface area contributed by atoms with Gasteiger partial charge in [0.05, 0.1) is 45.9 Å². The fourth-order valence-corrected chi connectivity index (χ4v) is 8.32. The second kappa shape index (κ2) is 33.0. The van der Waals surface area contributed by atoms with Crippen molar-refractivity contribution < 1.29 is 141 Å². The molecular weight excluding hydrogens is 991 g/mol. The first-order valence-electron chi connectivity index (χ1n) is 24.1. The fraction of sp³-hybridized carbons (Fsp3) is 0.393. The molecule has 0 aliphatic carbocycles. The number of carbonyl (C=O) groups excluding carboxylic acids is 4. The summed E-state index contributed by atoms with van der Waals surface area (Å²) >= 11 is 0. The summed E-state index contributed by atoms with van der Waals surface area (Å²) in [5.74, 6) is -4.46. The summed E-state index contributed by atoms with van der Waals surface area (Å²) in [7, 11) is 1.42. The van der Waals surface area contributed by atoms with E-state index in [0.717, 1.165) is 27.8 Å². The molecule has 75 heavy (non-hydrogen) atoms. The van der Waals surface area contributed by atoms with Crippen molar-refractivity contribution in [2.45, 2.75) is 120 Å². The van der Waals surface area contributed by atoms with Crippen molar-refractivity contribution >= 4 is 23.9 Å². The van der Waals surface area contributed by atoms with Gasteiger partial charge < -0.3 is 71.9 Å². The van der Waals surface area contributed by atoms with Crippen molar-refractivity contribution in [3.8, 4) is 0 Å². The van der Waals surface area contributed by atoms with Crippen LogP contribution in [0.3, 0.4) is 0 Å². The summed E-state index contributed by atoms with van der Waals surface area (Å²) in [5, 5.41) is 22.6. The molecule has 2 aliphatic rings. The van der Waals surface area contributed by atoms with E-state index in [0.29, 0.717) is 0 Å². The van der Waals surface area contributed by atoms with E-state index in [4.69, 9.17) is 52.1 Å². The first-order valence-corrected chi connectivity index (χ1v) is 24.1. The number of carbonyl (C=O) groups is 4. The predicted octanol–water partition coefficient (Wildman–Crippen LogP) is -1.45. The van der Waals surface area contributed by atoms with Gasteiger partial charge in [0.2, 0.25) is 0 Å². The third-order valence-electron chi connectivity index (χ3n) is 12.0. The molecule has 10 atom stereocenters. The molecular formula is C56H60Na2O17. The molecule has 2 aliphatic heterocycles. The zero-order valence-corrected chi connectivity index (χ0v) is 46.4. The zero-order chi connectivity index (χ0) is 51.2. The Morgan fingerprint density at radius 1 is 0.400 bits per heavy atom. The van der Waals surface area contributed by atoms with Crippen LogP contribution in [0.15, 0.2) is 152 Å². The molecule has 388 valence electrons. The van der Waals surface area contributed by atoms with Crippen LogP contribution in [-0.4, -0.2) is 106 Å². The Kier molecular flexibility index (Phi) is 27.1. The Morgan fingerprint density at radius 3 is 1.03 bits per heavy atom. The Morgan fingerprint density at radius 2 is 0.693 bits per heavy atom. The van der Waals surface area contributed by atoms with Gasteiger partial charge >= 0.3 is 71.1 Å². The van der Waals surface area contributed by atoms with E-state index in [-0.39, 0.29) is 92.1 Å². The minimum atomic E-state index is -1.42. The summed E-state index contributed by atoms with van der Waals surface area (Å²) in [6.45, 7) is -0.557. The van der Waals surface area contributed by atoms with E-state index in [1.807, 2.05) is 152 Å². The number of rotatable bonds is 28. The van der Waals surface area contributed by atoms with E-state index in [1.54, 1.807) is 0 Å². The monoisotopic (exact) mass is 1050 g/mol. The minimum absolute atomic E-state index is 0. The van der Waals surface area contributed by atoms with Crippen molar-refractivity contribution in [1.82, 2.24) is 0 Å². The molecule has 0 unspecified atom stereocenters. The second-order valence-corrected chi connectivity index (χ2v) is 17.3. The van der Waals surface area contributed by atoms with Crippen LogP contribution < -0.4 is 69.3 Å². The molecule has 5 aromatic rings.